The molecule has 0 radical (unpaired) electrons. The van der Waals surface area contributed by atoms with Gasteiger partial charge < -0.3 is 9.72 Å². The van der Waals surface area contributed by atoms with E-state index in [1.165, 1.54) is 0 Å². The lowest BCUT2D eigenvalue weighted by atomic mass is 9.95. The van der Waals surface area contributed by atoms with Gasteiger partial charge in [0.1, 0.15) is 0 Å². The van der Waals surface area contributed by atoms with E-state index in [0.717, 1.165) is 33.6 Å². The van der Waals surface area contributed by atoms with Gasteiger partial charge in [0.2, 0.25) is 0 Å². The SMILES string of the molecule is CCOC(=O)Cc1c(C)[nH]c(-c2ccccc2)c1-c1ccccc1. The number of carbonyl (C=O) groups excluding carboxylic acids is 1. The van der Waals surface area contributed by atoms with Crippen molar-refractivity contribution >= 4 is 5.97 Å². The van der Waals surface area contributed by atoms with Crippen molar-refractivity contribution in [3.05, 3.63) is 71.9 Å². The van der Waals surface area contributed by atoms with Crippen LogP contribution in [-0.2, 0) is 16.0 Å². The molecule has 0 fully saturated rings. The second-order valence-corrected chi connectivity index (χ2v) is 5.69. The number of carbonyl (C=O) groups is 1. The molecule has 0 saturated carbocycles. The van der Waals surface area contributed by atoms with Gasteiger partial charge in [-0.1, -0.05) is 60.7 Å². The summed E-state index contributed by atoms with van der Waals surface area (Å²) in [7, 11) is 0. The quantitative estimate of drug-likeness (QED) is 0.689. The fourth-order valence-electron chi connectivity index (χ4n) is 2.99. The molecule has 0 saturated heterocycles. The number of benzene rings is 2. The zero-order valence-corrected chi connectivity index (χ0v) is 14.0. The number of hydrogen-bond acceptors (Lipinski definition) is 2. The van der Waals surface area contributed by atoms with E-state index in [4.69, 9.17) is 4.74 Å². The maximum absolute atomic E-state index is 12.1. The summed E-state index contributed by atoms with van der Waals surface area (Å²) in [5, 5.41) is 0. The van der Waals surface area contributed by atoms with Crippen LogP contribution in [0.1, 0.15) is 18.2 Å². The summed E-state index contributed by atoms with van der Waals surface area (Å²) < 4.78 is 5.15. The van der Waals surface area contributed by atoms with E-state index in [-0.39, 0.29) is 12.4 Å². The number of aromatic amines is 1. The predicted octanol–water partition coefficient (Wildman–Crippen LogP) is 4.76. The van der Waals surface area contributed by atoms with E-state index in [2.05, 4.69) is 29.2 Å². The first-order chi connectivity index (χ1) is 11.7. The van der Waals surface area contributed by atoms with E-state index in [0.29, 0.717) is 6.61 Å². The summed E-state index contributed by atoms with van der Waals surface area (Å²) >= 11 is 0. The number of aryl methyl sites for hydroxylation is 1. The average Bonchev–Trinajstić information content (AvgIpc) is 2.93. The van der Waals surface area contributed by atoms with Gasteiger partial charge in [0.25, 0.3) is 0 Å². The molecule has 2 aromatic carbocycles. The average molecular weight is 319 g/mol. The van der Waals surface area contributed by atoms with Crippen molar-refractivity contribution < 1.29 is 9.53 Å². The van der Waals surface area contributed by atoms with Crippen LogP contribution < -0.4 is 0 Å². The van der Waals surface area contributed by atoms with Gasteiger partial charge in [0.05, 0.1) is 18.7 Å². The van der Waals surface area contributed by atoms with Crippen LogP contribution in [0.4, 0.5) is 0 Å². The number of hydrogen-bond donors (Lipinski definition) is 1. The summed E-state index contributed by atoms with van der Waals surface area (Å²) in [6, 6.07) is 20.4. The molecule has 3 heteroatoms. The number of H-pyrrole nitrogens is 1. The van der Waals surface area contributed by atoms with Gasteiger partial charge in [-0.25, -0.2) is 0 Å². The molecule has 122 valence electrons. The molecule has 3 nitrogen and oxygen atoms in total. The predicted molar refractivity (Wildman–Crippen MR) is 96.7 cm³/mol. The van der Waals surface area contributed by atoms with Crippen LogP contribution in [0.25, 0.3) is 22.4 Å². The Morgan fingerprint density at radius 2 is 1.54 bits per heavy atom. The first-order valence-electron chi connectivity index (χ1n) is 8.18. The Labute approximate surface area is 142 Å². The van der Waals surface area contributed by atoms with Crippen molar-refractivity contribution in [3.63, 3.8) is 0 Å². The first kappa shape index (κ1) is 16.1. The van der Waals surface area contributed by atoms with Gasteiger partial charge in [-0.05, 0) is 30.5 Å². The fourth-order valence-corrected chi connectivity index (χ4v) is 2.99. The monoisotopic (exact) mass is 319 g/mol. The molecule has 24 heavy (non-hydrogen) atoms. The second kappa shape index (κ2) is 7.18. The number of ether oxygens (including phenoxy) is 1. The number of rotatable bonds is 5. The van der Waals surface area contributed by atoms with Gasteiger partial charge >= 0.3 is 5.97 Å². The summed E-state index contributed by atoms with van der Waals surface area (Å²) in [5.74, 6) is -0.198. The van der Waals surface area contributed by atoms with Crippen LogP contribution in [0.15, 0.2) is 60.7 Å². The van der Waals surface area contributed by atoms with Gasteiger partial charge in [0.15, 0.2) is 0 Å². The summed E-state index contributed by atoms with van der Waals surface area (Å²) in [6.07, 6.45) is 0.271. The number of nitrogens with one attached hydrogen (secondary N) is 1. The van der Waals surface area contributed by atoms with E-state index in [9.17, 15) is 4.79 Å². The molecule has 0 spiro atoms. The molecule has 0 aliphatic rings. The van der Waals surface area contributed by atoms with Crippen LogP contribution in [-0.4, -0.2) is 17.6 Å². The molecule has 1 N–H and O–H groups in total. The lowest BCUT2D eigenvalue weighted by Crippen LogP contribution is -2.08. The minimum Gasteiger partial charge on any atom is -0.466 e. The van der Waals surface area contributed by atoms with Crippen LogP contribution in [0, 0.1) is 6.92 Å². The first-order valence-corrected chi connectivity index (χ1v) is 8.18. The minimum atomic E-state index is -0.198. The van der Waals surface area contributed by atoms with Crippen molar-refractivity contribution in [2.75, 3.05) is 6.61 Å². The maximum Gasteiger partial charge on any atom is 0.310 e. The molecule has 0 aliphatic heterocycles. The highest BCUT2D eigenvalue weighted by atomic mass is 16.5. The molecule has 1 heterocycles. The van der Waals surface area contributed by atoms with Crippen molar-refractivity contribution in [1.29, 1.82) is 0 Å². The van der Waals surface area contributed by atoms with E-state index >= 15 is 0 Å². The van der Waals surface area contributed by atoms with Crippen LogP contribution in [0.5, 0.6) is 0 Å². The molecular formula is C21H21NO2. The highest BCUT2D eigenvalue weighted by Crippen LogP contribution is 2.36. The Kier molecular flexibility index (Phi) is 4.80. The molecule has 0 atom stereocenters. The Balaban J connectivity index is 2.15. The Morgan fingerprint density at radius 3 is 2.12 bits per heavy atom. The zero-order valence-electron chi connectivity index (χ0n) is 14.0. The molecule has 0 aliphatic carbocycles. The summed E-state index contributed by atoms with van der Waals surface area (Å²) in [4.78, 5) is 15.5. The summed E-state index contributed by atoms with van der Waals surface area (Å²) in [5.41, 5.74) is 6.32. The van der Waals surface area contributed by atoms with E-state index in [1.807, 2.05) is 50.2 Å². The van der Waals surface area contributed by atoms with Gasteiger partial charge in [-0.2, -0.15) is 0 Å². The third kappa shape index (κ3) is 3.25. The Morgan fingerprint density at radius 1 is 0.958 bits per heavy atom. The Bertz CT molecular complexity index is 820. The van der Waals surface area contributed by atoms with Gasteiger partial charge in [-0.3, -0.25) is 4.79 Å². The molecule has 1 aromatic heterocycles. The van der Waals surface area contributed by atoms with Crippen LogP contribution >= 0.6 is 0 Å². The van der Waals surface area contributed by atoms with Crippen molar-refractivity contribution in [2.45, 2.75) is 20.3 Å². The molecule has 3 rings (SSSR count). The second-order valence-electron chi connectivity index (χ2n) is 5.69. The number of esters is 1. The van der Waals surface area contributed by atoms with Crippen molar-refractivity contribution in [1.82, 2.24) is 4.98 Å². The largest absolute Gasteiger partial charge is 0.466 e. The zero-order chi connectivity index (χ0) is 16.9. The fraction of sp³-hybridized carbons (Fsp3) is 0.190. The highest BCUT2D eigenvalue weighted by Gasteiger charge is 2.20. The third-order valence-electron chi connectivity index (χ3n) is 4.07. The lowest BCUT2D eigenvalue weighted by molar-refractivity contribution is -0.142. The molecule has 0 bridgehead atoms. The van der Waals surface area contributed by atoms with E-state index in [1.54, 1.807) is 0 Å². The third-order valence-corrected chi connectivity index (χ3v) is 4.07. The van der Waals surface area contributed by atoms with Crippen LogP contribution in [0.3, 0.4) is 0 Å². The molecule has 0 amide bonds. The smallest absolute Gasteiger partial charge is 0.310 e. The van der Waals surface area contributed by atoms with Crippen molar-refractivity contribution in [2.24, 2.45) is 0 Å². The van der Waals surface area contributed by atoms with Crippen LogP contribution in [0.2, 0.25) is 0 Å². The van der Waals surface area contributed by atoms with E-state index < -0.39 is 0 Å². The van der Waals surface area contributed by atoms with Gasteiger partial charge in [0, 0.05) is 11.3 Å². The lowest BCUT2D eigenvalue weighted by Gasteiger charge is -2.09. The minimum absolute atomic E-state index is 0.198. The standard InChI is InChI=1S/C21H21NO2/c1-3-24-19(23)14-18-15(2)22-21(17-12-8-5-9-13-17)20(18)16-10-6-4-7-11-16/h4-13,22H,3,14H2,1-2H3. The highest BCUT2D eigenvalue weighted by molar-refractivity contribution is 5.88. The molecule has 3 aromatic rings. The summed E-state index contributed by atoms with van der Waals surface area (Å²) in [6.45, 7) is 4.23. The van der Waals surface area contributed by atoms with Crippen molar-refractivity contribution in [3.8, 4) is 22.4 Å². The maximum atomic E-state index is 12.1. The molecular weight excluding hydrogens is 298 g/mol. The topological polar surface area (TPSA) is 42.1 Å². The molecule has 0 unspecified atom stereocenters. The number of aromatic nitrogens is 1. The Hall–Kier alpha value is -2.81. The van der Waals surface area contributed by atoms with Gasteiger partial charge in [-0.15, -0.1) is 0 Å². The normalized spacial score (nSPS) is 10.6.